The van der Waals surface area contributed by atoms with Crippen LogP contribution < -0.4 is 0 Å². The molecule has 0 aromatic heterocycles. The van der Waals surface area contributed by atoms with E-state index in [9.17, 15) is 0 Å². The summed E-state index contributed by atoms with van der Waals surface area (Å²) < 4.78 is 0. The lowest BCUT2D eigenvalue weighted by Gasteiger charge is -2.27. The Kier molecular flexibility index (Phi) is 10.9. The number of hydrogen-bond donors (Lipinski definition) is 0. The molecule has 242 valence electrons. The van der Waals surface area contributed by atoms with Gasteiger partial charge in [0.2, 0.25) is 0 Å². The maximum atomic E-state index is 2.35. The third kappa shape index (κ3) is 7.51. The normalized spacial score (nSPS) is 12.5. The molecule has 2 heteroatoms. The van der Waals surface area contributed by atoms with Gasteiger partial charge in [0.1, 0.15) is 0 Å². The summed E-state index contributed by atoms with van der Waals surface area (Å²) in [5, 5.41) is 0.624. The maximum Gasteiger partial charge on any atom is 0.0410 e. The van der Waals surface area contributed by atoms with Crippen molar-refractivity contribution < 1.29 is 0 Å². The third-order valence-corrected chi connectivity index (χ3v) is 12.8. The van der Waals surface area contributed by atoms with Crippen LogP contribution in [0.4, 0.5) is 0 Å². The molecule has 0 saturated carbocycles. The van der Waals surface area contributed by atoms with Crippen molar-refractivity contribution in [2.75, 3.05) is 0 Å². The summed E-state index contributed by atoms with van der Waals surface area (Å²) in [6.07, 6.45) is 2.08. The molecule has 0 aliphatic carbocycles. The lowest BCUT2D eigenvalue weighted by atomic mass is 9.88. The summed E-state index contributed by atoms with van der Waals surface area (Å²) in [4.78, 5) is 0. The highest BCUT2D eigenvalue weighted by molar-refractivity contribution is 8.76. The van der Waals surface area contributed by atoms with E-state index in [2.05, 4.69) is 197 Å². The van der Waals surface area contributed by atoms with Gasteiger partial charge >= 0.3 is 0 Å². The van der Waals surface area contributed by atoms with Crippen molar-refractivity contribution in [3.8, 4) is 44.5 Å². The van der Waals surface area contributed by atoms with Crippen molar-refractivity contribution in [2.24, 2.45) is 0 Å². The first-order valence-electron chi connectivity index (χ1n) is 17.2. The molecule has 6 aromatic rings. The first kappa shape index (κ1) is 33.9. The predicted octanol–water partition coefficient (Wildman–Crippen LogP) is 14.6. The molecule has 0 nitrogen and oxygen atoms in total. The molecule has 0 aliphatic heterocycles. The third-order valence-electron chi connectivity index (χ3n) is 9.34. The zero-order valence-corrected chi connectivity index (χ0v) is 30.7. The van der Waals surface area contributed by atoms with Gasteiger partial charge in [-0.2, -0.15) is 0 Å². The first-order valence-corrected chi connectivity index (χ1v) is 19.5. The minimum Gasteiger partial charge on any atom is -0.0852 e. The van der Waals surface area contributed by atoms with Gasteiger partial charge in [-0.25, -0.2) is 0 Å². The minimum atomic E-state index is 0.312. The van der Waals surface area contributed by atoms with Gasteiger partial charge in [-0.05, 0) is 96.2 Å². The van der Waals surface area contributed by atoms with Crippen LogP contribution in [0, 0.1) is 27.7 Å². The van der Waals surface area contributed by atoms with Crippen molar-refractivity contribution in [2.45, 2.75) is 64.9 Å². The Morgan fingerprint density at radius 2 is 0.583 bits per heavy atom. The van der Waals surface area contributed by atoms with Gasteiger partial charge in [0.15, 0.2) is 0 Å². The van der Waals surface area contributed by atoms with E-state index >= 15 is 0 Å². The second-order valence-corrected chi connectivity index (χ2v) is 15.7. The lowest BCUT2D eigenvalue weighted by molar-refractivity contribution is 0.897. The number of rotatable bonds is 11. The fourth-order valence-electron chi connectivity index (χ4n) is 6.54. The molecular formula is C46H46S2. The monoisotopic (exact) mass is 662 g/mol. The highest BCUT2D eigenvalue weighted by atomic mass is 33.1. The lowest BCUT2D eigenvalue weighted by Crippen LogP contribution is -2.02. The average Bonchev–Trinajstić information content (AvgIpc) is 3.11. The molecule has 0 bridgehead atoms. The molecular weight excluding hydrogens is 617 g/mol. The summed E-state index contributed by atoms with van der Waals surface area (Å²) in [7, 11) is 4.11. The highest BCUT2D eigenvalue weighted by Crippen LogP contribution is 2.55. The van der Waals surface area contributed by atoms with E-state index in [1.807, 2.05) is 0 Å². The second kappa shape index (κ2) is 15.5. The van der Waals surface area contributed by atoms with E-state index in [-0.39, 0.29) is 0 Å². The molecule has 0 fully saturated rings. The summed E-state index contributed by atoms with van der Waals surface area (Å²) in [6, 6.07) is 50.0. The summed E-state index contributed by atoms with van der Waals surface area (Å²) in [5.41, 5.74) is 18.5. The molecule has 0 amide bonds. The average molecular weight is 663 g/mol. The van der Waals surface area contributed by atoms with E-state index < -0.39 is 0 Å². The Morgan fingerprint density at radius 3 is 0.792 bits per heavy atom. The van der Waals surface area contributed by atoms with Gasteiger partial charge in [-0.15, -0.1) is 0 Å². The fourth-order valence-corrected chi connectivity index (χ4v) is 9.98. The van der Waals surface area contributed by atoms with Gasteiger partial charge < -0.3 is 0 Å². The summed E-state index contributed by atoms with van der Waals surface area (Å²) in [6.45, 7) is 13.4. The van der Waals surface area contributed by atoms with Crippen molar-refractivity contribution in [1.82, 2.24) is 0 Å². The summed E-state index contributed by atoms with van der Waals surface area (Å²) in [5.74, 6) is 0. The van der Waals surface area contributed by atoms with Crippen molar-refractivity contribution in [3.63, 3.8) is 0 Å². The Bertz CT molecular complexity index is 1680. The van der Waals surface area contributed by atoms with Crippen LogP contribution in [0.1, 0.15) is 70.6 Å². The molecule has 48 heavy (non-hydrogen) atoms. The predicted molar refractivity (Wildman–Crippen MR) is 215 cm³/mol. The van der Waals surface area contributed by atoms with Crippen LogP contribution in [-0.4, -0.2) is 0 Å². The molecule has 0 unspecified atom stereocenters. The molecule has 0 saturated heterocycles. The van der Waals surface area contributed by atoms with Crippen LogP contribution in [0.25, 0.3) is 44.5 Å². The zero-order valence-electron chi connectivity index (χ0n) is 29.1. The van der Waals surface area contributed by atoms with E-state index in [0.29, 0.717) is 10.5 Å². The zero-order chi connectivity index (χ0) is 33.6. The van der Waals surface area contributed by atoms with Crippen molar-refractivity contribution in [1.29, 1.82) is 0 Å². The molecule has 0 heterocycles. The number of benzene rings is 6. The van der Waals surface area contributed by atoms with Crippen molar-refractivity contribution in [3.05, 3.63) is 167 Å². The van der Waals surface area contributed by atoms with Gasteiger partial charge in [0.25, 0.3) is 0 Å². The van der Waals surface area contributed by atoms with Gasteiger partial charge in [-0.3, -0.25) is 0 Å². The van der Waals surface area contributed by atoms with E-state index in [1.165, 1.54) is 77.9 Å². The quantitative estimate of drug-likeness (QED) is 0.127. The Balaban J connectivity index is 1.44. The maximum absolute atomic E-state index is 2.35. The van der Waals surface area contributed by atoms with E-state index in [4.69, 9.17) is 0 Å². The van der Waals surface area contributed by atoms with Crippen LogP contribution in [-0.2, 0) is 0 Å². The Morgan fingerprint density at radius 1 is 0.354 bits per heavy atom. The number of aryl methyl sites for hydroxylation is 4. The molecule has 0 aliphatic rings. The Hall–Kier alpha value is -3.98. The van der Waals surface area contributed by atoms with E-state index in [0.717, 1.165) is 12.8 Å². The number of hydrogen-bond acceptors (Lipinski definition) is 2. The largest absolute Gasteiger partial charge is 0.0852 e. The van der Waals surface area contributed by atoms with Crippen LogP contribution in [0.3, 0.4) is 0 Å². The fraction of sp³-hybridized carbons (Fsp3) is 0.217. The van der Waals surface area contributed by atoms with Gasteiger partial charge in [-0.1, -0.05) is 191 Å². The summed E-state index contributed by atoms with van der Waals surface area (Å²) >= 11 is 0. The Labute approximate surface area is 296 Å². The molecule has 6 rings (SSSR count). The smallest absolute Gasteiger partial charge is 0.0410 e. The molecule has 0 radical (unpaired) electrons. The van der Waals surface area contributed by atoms with Crippen LogP contribution in [0.5, 0.6) is 0 Å². The highest BCUT2D eigenvalue weighted by Gasteiger charge is 2.25. The topological polar surface area (TPSA) is 0 Å². The van der Waals surface area contributed by atoms with E-state index in [1.54, 1.807) is 0 Å². The first-order chi connectivity index (χ1) is 23.4. The standard InChI is InChI=1S/C46H46S2/c1-7-43(45-39(35-23-15-31(3)16-24-35)11-9-12-40(45)36-25-17-32(4)18-26-36)47-48-44(8-2)46-41(37-27-19-33(5)20-28-37)13-10-14-42(46)38-29-21-34(6)22-30-38/h9-30,43-44H,7-8H2,1-6H3/t43-,44-/m1/s1. The van der Waals surface area contributed by atoms with Crippen LogP contribution >= 0.6 is 21.6 Å². The van der Waals surface area contributed by atoms with Gasteiger partial charge in [0, 0.05) is 10.5 Å². The SMILES string of the molecule is CC[C@@H](SS[C@H](CC)c1c(-c2ccc(C)cc2)cccc1-c1ccc(C)cc1)c1c(-c2ccc(C)cc2)cccc1-c1ccc(C)cc1. The van der Waals surface area contributed by atoms with Crippen LogP contribution in [0.15, 0.2) is 133 Å². The van der Waals surface area contributed by atoms with Gasteiger partial charge in [0.05, 0.1) is 0 Å². The molecule has 0 spiro atoms. The molecule has 0 N–H and O–H groups in total. The van der Waals surface area contributed by atoms with Crippen molar-refractivity contribution >= 4 is 21.6 Å². The molecule has 2 atom stereocenters. The second-order valence-electron chi connectivity index (χ2n) is 13.0. The minimum absolute atomic E-state index is 0.312. The van der Waals surface area contributed by atoms with Crippen LogP contribution in [0.2, 0.25) is 0 Å². The molecule has 6 aromatic carbocycles.